The predicted octanol–water partition coefficient (Wildman–Crippen LogP) is 0.152. The van der Waals surface area contributed by atoms with Gasteiger partial charge in [-0.3, -0.25) is 0 Å². The standard InChI is InChI=1S/C9H15N3O2S/c1-15(13,14)11-8-7-10-12-9-5-3-2-4-6-9/h2-6,10-12H,7-8H2,1H3. The summed E-state index contributed by atoms with van der Waals surface area (Å²) in [5.41, 5.74) is 6.78. The van der Waals surface area contributed by atoms with Gasteiger partial charge in [0, 0.05) is 18.8 Å². The summed E-state index contributed by atoms with van der Waals surface area (Å²) >= 11 is 0. The summed E-state index contributed by atoms with van der Waals surface area (Å²) in [4.78, 5) is 0. The van der Waals surface area contributed by atoms with E-state index in [0.29, 0.717) is 13.1 Å². The highest BCUT2D eigenvalue weighted by atomic mass is 32.2. The molecular formula is C9H15N3O2S. The Balaban J connectivity index is 2.13. The largest absolute Gasteiger partial charge is 0.321 e. The van der Waals surface area contributed by atoms with E-state index in [-0.39, 0.29) is 0 Å². The molecule has 15 heavy (non-hydrogen) atoms. The highest BCUT2D eigenvalue weighted by molar-refractivity contribution is 7.88. The maximum Gasteiger partial charge on any atom is 0.208 e. The van der Waals surface area contributed by atoms with E-state index in [0.717, 1.165) is 11.9 Å². The van der Waals surface area contributed by atoms with Crippen LogP contribution in [0.15, 0.2) is 30.3 Å². The van der Waals surface area contributed by atoms with Gasteiger partial charge in [0.05, 0.1) is 6.26 Å². The van der Waals surface area contributed by atoms with Gasteiger partial charge in [-0.05, 0) is 12.1 Å². The summed E-state index contributed by atoms with van der Waals surface area (Å²) in [6.07, 6.45) is 1.14. The molecule has 0 unspecified atom stereocenters. The minimum atomic E-state index is -3.09. The van der Waals surface area contributed by atoms with Crippen molar-refractivity contribution in [3.05, 3.63) is 30.3 Å². The molecule has 0 amide bonds. The molecule has 0 aliphatic heterocycles. The summed E-state index contributed by atoms with van der Waals surface area (Å²) in [7, 11) is -3.09. The van der Waals surface area contributed by atoms with E-state index in [4.69, 9.17) is 0 Å². The predicted molar refractivity (Wildman–Crippen MR) is 60.9 cm³/mol. The van der Waals surface area contributed by atoms with Crippen LogP contribution in [-0.4, -0.2) is 27.8 Å². The van der Waals surface area contributed by atoms with Gasteiger partial charge in [-0.25, -0.2) is 18.6 Å². The smallest absolute Gasteiger partial charge is 0.208 e. The Hall–Kier alpha value is -1.11. The SMILES string of the molecule is CS(=O)(=O)NCCNNc1ccccc1. The molecule has 1 aromatic rings. The van der Waals surface area contributed by atoms with Crippen LogP contribution in [0, 0.1) is 0 Å². The topological polar surface area (TPSA) is 70.2 Å². The number of nitrogens with one attached hydrogen (secondary N) is 3. The van der Waals surface area contributed by atoms with Gasteiger partial charge in [-0.15, -0.1) is 0 Å². The van der Waals surface area contributed by atoms with Crippen molar-refractivity contribution in [2.45, 2.75) is 0 Å². The van der Waals surface area contributed by atoms with Crippen molar-refractivity contribution in [2.75, 3.05) is 24.8 Å². The molecule has 0 saturated heterocycles. The van der Waals surface area contributed by atoms with Crippen molar-refractivity contribution in [3.8, 4) is 0 Å². The minimum absolute atomic E-state index is 0.360. The average molecular weight is 229 g/mol. The molecule has 3 N–H and O–H groups in total. The number of benzene rings is 1. The lowest BCUT2D eigenvalue weighted by atomic mass is 10.3. The number of anilines is 1. The summed E-state index contributed by atoms with van der Waals surface area (Å²) in [5.74, 6) is 0. The van der Waals surface area contributed by atoms with Crippen LogP contribution in [0.4, 0.5) is 5.69 Å². The molecule has 5 nitrogen and oxygen atoms in total. The second-order valence-corrected chi connectivity index (χ2v) is 4.92. The molecule has 1 aromatic carbocycles. The molecule has 0 spiro atoms. The minimum Gasteiger partial charge on any atom is -0.321 e. The van der Waals surface area contributed by atoms with Crippen molar-refractivity contribution >= 4 is 15.7 Å². The number of hydrogen-bond acceptors (Lipinski definition) is 4. The van der Waals surface area contributed by atoms with E-state index in [1.165, 1.54) is 0 Å². The first-order valence-corrected chi connectivity index (χ1v) is 6.45. The molecule has 84 valence electrons. The highest BCUT2D eigenvalue weighted by Gasteiger charge is 1.97. The monoisotopic (exact) mass is 229 g/mol. The highest BCUT2D eigenvalue weighted by Crippen LogP contribution is 2.01. The van der Waals surface area contributed by atoms with E-state index < -0.39 is 10.0 Å². The molecule has 0 heterocycles. The molecule has 0 bridgehead atoms. The number of para-hydroxylation sites is 1. The van der Waals surface area contributed by atoms with Gasteiger partial charge in [0.2, 0.25) is 10.0 Å². The zero-order valence-corrected chi connectivity index (χ0v) is 9.34. The zero-order valence-electron chi connectivity index (χ0n) is 8.53. The summed E-state index contributed by atoms with van der Waals surface area (Å²) in [5, 5.41) is 0. The number of hydrazine groups is 1. The third-order valence-corrected chi connectivity index (χ3v) is 2.35. The van der Waals surface area contributed by atoms with Crippen molar-refractivity contribution in [2.24, 2.45) is 0 Å². The summed E-state index contributed by atoms with van der Waals surface area (Å²) in [6, 6.07) is 9.59. The number of sulfonamides is 1. The van der Waals surface area contributed by atoms with Gasteiger partial charge < -0.3 is 5.43 Å². The normalized spacial score (nSPS) is 11.3. The Morgan fingerprint density at radius 3 is 2.40 bits per heavy atom. The van der Waals surface area contributed by atoms with E-state index in [2.05, 4.69) is 15.6 Å². The van der Waals surface area contributed by atoms with Crippen LogP contribution in [0.3, 0.4) is 0 Å². The second-order valence-electron chi connectivity index (χ2n) is 3.08. The van der Waals surface area contributed by atoms with Crippen molar-refractivity contribution in [3.63, 3.8) is 0 Å². The maximum absolute atomic E-state index is 10.7. The van der Waals surface area contributed by atoms with Gasteiger partial charge in [0.15, 0.2) is 0 Å². The van der Waals surface area contributed by atoms with E-state index in [9.17, 15) is 8.42 Å². The maximum atomic E-state index is 10.7. The molecule has 0 aromatic heterocycles. The Morgan fingerprint density at radius 1 is 1.13 bits per heavy atom. The number of hydrogen-bond donors (Lipinski definition) is 3. The zero-order chi connectivity index (χ0) is 11.1. The molecule has 0 fully saturated rings. The molecule has 6 heteroatoms. The molecular weight excluding hydrogens is 214 g/mol. The van der Waals surface area contributed by atoms with Crippen LogP contribution in [0.25, 0.3) is 0 Å². The van der Waals surface area contributed by atoms with Crippen LogP contribution < -0.4 is 15.6 Å². The Morgan fingerprint density at radius 2 is 1.80 bits per heavy atom. The number of rotatable bonds is 6. The lowest BCUT2D eigenvalue weighted by Crippen LogP contribution is -2.33. The lowest BCUT2D eigenvalue weighted by Gasteiger charge is -2.07. The van der Waals surface area contributed by atoms with Gasteiger partial charge in [-0.1, -0.05) is 18.2 Å². The fourth-order valence-corrected chi connectivity index (χ4v) is 1.46. The van der Waals surface area contributed by atoms with Crippen molar-refractivity contribution in [1.29, 1.82) is 0 Å². The van der Waals surface area contributed by atoms with Gasteiger partial charge in [0.25, 0.3) is 0 Å². The van der Waals surface area contributed by atoms with Crippen LogP contribution in [-0.2, 0) is 10.0 Å². The van der Waals surface area contributed by atoms with E-state index in [1.54, 1.807) is 0 Å². The molecule has 1 rings (SSSR count). The second kappa shape index (κ2) is 5.69. The third kappa shape index (κ3) is 6.05. The van der Waals surface area contributed by atoms with Gasteiger partial charge in [0.1, 0.15) is 0 Å². The molecule has 0 aliphatic rings. The molecule has 0 atom stereocenters. The average Bonchev–Trinajstić information content (AvgIpc) is 2.17. The first-order chi connectivity index (χ1) is 7.08. The lowest BCUT2D eigenvalue weighted by molar-refractivity contribution is 0.585. The van der Waals surface area contributed by atoms with Crippen LogP contribution in [0.1, 0.15) is 0 Å². The van der Waals surface area contributed by atoms with Gasteiger partial charge >= 0.3 is 0 Å². The Labute approximate surface area is 89.9 Å². The van der Waals surface area contributed by atoms with Crippen molar-refractivity contribution < 1.29 is 8.42 Å². The van der Waals surface area contributed by atoms with Gasteiger partial charge in [-0.2, -0.15) is 0 Å². The quantitative estimate of drug-likeness (QED) is 0.480. The molecule has 0 radical (unpaired) electrons. The fourth-order valence-electron chi connectivity index (χ4n) is 0.985. The van der Waals surface area contributed by atoms with Crippen molar-refractivity contribution in [1.82, 2.24) is 10.1 Å². The first-order valence-electron chi connectivity index (χ1n) is 4.56. The van der Waals surface area contributed by atoms with E-state index >= 15 is 0 Å². The molecule has 0 saturated carbocycles. The third-order valence-electron chi connectivity index (χ3n) is 1.62. The summed E-state index contributed by atoms with van der Waals surface area (Å²) in [6.45, 7) is 0.876. The molecule has 0 aliphatic carbocycles. The van der Waals surface area contributed by atoms with E-state index in [1.807, 2.05) is 30.3 Å². The summed E-state index contributed by atoms with van der Waals surface area (Å²) < 4.78 is 23.8. The van der Waals surface area contributed by atoms with Crippen LogP contribution in [0.5, 0.6) is 0 Å². The van der Waals surface area contributed by atoms with Crippen LogP contribution >= 0.6 is 0 Å². The fraction of sp³-hybridized carbons (Fsp3) is 0.333. The first kappa shape index (κ1) is 12.0. The Kier molecular flexibility index (Phi) is 4.54. The van der Waals surface area contributed by atoms with Crippen LogP contribution in [0.2, 0.25) is 0 Å². The Bertz CT molecular complexity index is 378.